The van der Waals surface area contributed by atoms with Gasteiger partial charge in [-0.25, -0.2) is 0 Å². The third kappa shape index (κ3) is 8.77. The van der Waals surface area contributed by atoms with Crippen molar-refractivity contribution in [3.05, 3.63) is 60.7 Å². The van der Waals surface area contributed by atoms with Gasteiger partial charge in [0.05, 0.1) is 0 Å². The summed E-state index contributed by atoms with van der Waals surface area (Å²) in [6, 6.07) is 25.5. The van der Waals surface area contributed by atoms with E-state index in [-0.39, 0.29) is 5.04 Å². The zero-order valence-electron chi connectivity index (χ0n) is 27.7. The summed E-state index contributed by atoms with van der Waals surface area (Å²) in [7, 11) is -4.05. The molecule has 1 aliphatic carbocycles. The molecule has 3 rings (SSSR count). The lowest BCUT2D eigenvalue weighted by Crippen LogP contribution is -2.66. The second kappa shape index (κ2) is 17.1. The first-order valence-corrected chi connectivity index (χ1v) is 21.6. The van der Waals surface area contributed by atoms with E-state index in [1.54, 1.807) is 0 Å². The van der Waals surface area contributed by atoms with Crippen LogP contribution in [0.2, 0.25) is 23.2 Å². The van der Waals surface area contributed by atoms with Crippen LogP contribution >= 0.6 is 0 Å². The predicted octanol–water partition coefficient (Wildman–Crippen LogP) is 9.30. The van der Waals surface area contributed by atoms with E-state index in [1.165, 1.54) is 73.5 Å². The van der Waals surface area contributed by atoms with E-state index >= 15 is 0 Å². The molecule has 1 aliphatic rings. The number of benzene rings is 2. The van der Waals surface area contributed by atoms with E-state index in [0.717, 1.165) is 25.7 Å². The molecule has 234 valence electrons. The highest BCUT2D eigenvalue weighted by molar-refractivity contribution is 6.99. The minimum Gasteiger partial charge on any atom is -0.414 e. The molecule has 5 heteroatoms. The van der Waals surface area contributed by atoms with E-state index in [9.17, 15) is 4.79 Å². The maximum Gasteiger partial charge on any atom is 0.261 e. The molecule has 1 saturated carbocycles. The third-order valence-corrected chi connectivity index (χ3v) is 20.0. The fraction of sp³-hybridized carbons (Fsp3) is 0.649. The first-order chi connectivity index (χ1) is 20.3. The maximum absolute atomic E-state index is 11.6. The van der Waals surface area contributed by atoms with Crippen molar-refractivity contribution in [2.24, 2.45) is 11.8 Å². The van der Waals surface area contributed by atoms with Crippen molar-refractivity contribution in [2.45, 2.75) is 135 Å². The van der Waals surface area contributed by atoms with Crippen LogP contribution in [0.25, 0.3) is 0 Å². The van der Waals surface area contributed by atoms with Crippen LogP contribution < -0.4 is 10.4 Å². The van der Waals surface area contributed by atoms with Crippen LogP contribution in [0.4, 0.5) is 0 Å². The van der Waals surface area contributed by atoms with Crippen molar-refractivity contribution in [3.63, 3.8) is 0 Å². The molecule has 0 bridgehead atoms. The molecule has 0 aromatic heterocycles. The Morgan fingerprint density at radius 2 is 1.29 bits per heavy atom. The van der Waals surface area contributed by atoms with Crippen molar-refractivity contribution >= 4 is 33.3 Å². The van der Waals surface area contributed by atoms with Crippen molar-refractivity contribution in [2.75, 3.05) is 6.61 Å². The Morgan fingerprint density at radius 1 is 0.762 bits per heavy atom. The highest BCUT2D eigenvalue weighted by atomic mass is 28.4. The summed E-state index contributed by atoms with van der Waals surface area (Å²) in [6.45, 7) is 14.8. The highest BCUT2D eigenvalue weighted by Gasteiger charge is 2.50. The molecule has 0 N–H and O–H groups in total. The number of hydrogen-bond donors (Lipinski definition) is 0. The number of carbonyl (C=O) groups is 1. The molecule has 3 atom stereocenters. The van der Waals surface area contributed by atoms with E-state index < -0.39 is 16.6 Å². The summed E-state index contributed by atoms with van der Waals surface area (Å²) in [5.74, 6) is 1.11. The first-order valence-electron chi connectivity index (χ1n) is 17.1. The zero-order valence-corrected chi connectivity index (χ0v) is 29.7. The molecule has 0 heterocycles. The molecule has 3 nitrogen and oxygen atoms in total. The largest absolute Gasteiger partial charge is 0.414 e. The van der Waals surface area contributed by atoms with Gasteiger partial charge in [-0.1, -0.05) is 141 Å². The lowest BCUT2D eigenvalue weighted by atomic mass is 9.88. The fourth-order valence-corrected chi connectivity index (χ4v) is 15.1. The summed E-state index contributed by atoms with van der Waals surface area (Å²) in [6.07, 6.45) is 13.3. The van der Waals surface area contributed by atoms with Crippen molar-refractivity contribution in [1.29, 1.82) is 0 Å². The lowest BCUT2D eigenvalue weighted by molar-refractivity contribution is -0.109. The van der Waals surface area contributed by atoms with Gasteiger partial charge in [-0.05, 0) is 64.6 Å². The van der Waals surface area contributed by atoms with Gasteiger partial charge in [-0.2, -0.15) is 0 Å². The second-order valence-corrected chi connectivity index (χ2v) is 22.8. The van der Waals surface area contributed by atoms with Crippen LogP contribution in [0.3, 0.4) is 0 Å². The van der Waals surface area contributed by atoms with Crippen molar-refractivity contribution in [3.8, 4) is 0 Å². The zero-order chi connectivity index (χ0) is 30.5. The second-order valence-electron chi connectivity index (χ2n) is 13.7. The van der Waals surface area contributed by atoms with Gasteiger partial charge in [0.2, 0.25) is 0 Å². The van der Waals surface area contributed by atoms with Gasteiger partial charge in [-0.3, -0.25) is 0 Å². The van der Waals surface area contributed by atoms with E-state index in [0.29, 0.717) is 24.4 Å². The summed E-state index contributed by atoms with van der Waals surface area (Å²) < 4.78 is 14.0. The molecule has 0 spiro atoms. The highest BCUT2D eigenvalue weighted by Crippen LogP contribution is 2.42. The van der Waals surface area contributed by atoms with Crippen LogP contribution in [0.5, 0.6) is 0 Å². The number of unbranched alkanes of at least 4 members (excludes halogenated alkanes) is 5. The average Bonchev–Trinajstić information content (AvgIpc) is 3.37. The predicted molar refractivity (Wildman–Crippen MR) is 185 cm³/mol. The molecular formula is C37H60O3Si2. The fourth-order valence-electron chi connectivity index (χ4n) is 7.59. The Morgan fingerprint density at radius 3 is 1.79 bits per heavy atom. The van der Waals surface area contributed by atoms with Crippen LogP contribution in [0.1, 0.15) is 106 Å². The van der Waals surface area contributed by atoms with Crippen LogP contribution in [-0.2, 0) is 13.6 Å². The Labute approximate surface area is 260 Å². The summed E-state index contributed by atoms with van der Waals surface area (Å²) >= 11 is 0. The molecule has 0 radical (unpaired) electrons. The molecule has 1 fully saturated rings. The molecule has 0 amide bonds. The van der Waals surface area contributed by atoms with Gasteiger partial charge in [0.1, 0.15) is 6.29 Å². The maximum atomic E-state index is 11.6. The smallest absolute Gasteiger partial charge is 0.261 e. The van der Waals surface area contributed by atoms with Gasteiger partial charge >= 0.3 is 0 Å². The molecule has 2 aromatic rings. The van der Waals surface area contributed by atoms with Crippen LogP contribution in [0.15, 0.2) is 60.7 Å². The third-order valence-electron chi connectivity index (χ3n) is 10.3. The van der Waals surface area contributed by atoms with Gasteiger partial charge in [0.15, 0.2) is 8.32 Å². The van der Waals surface area contributed by atoms with Crippen LogP contribution in [-0.4, -0.2) is 35.6 Å². The van der Waals surface area contributed by atoms with E-state index in [1.807, 2.05) is 0 Å². The number of aldehydes is 1. The van der Waals surface area contributed by atoms with Gasteiger partial charge in [0.25, 0.3) is 8.32 Å². The normalized spacial score (nSPS) is 19.7. The average molecular weight is 609 g/mol. The Bertz CT molecular complexity index is 969. The van der Waals surface area contributed by atoms with Gasteiger partial charge in [-0.15, -0.1) is 0 Å². The Kier molecular flexibility index (Phi) is 14.2. The number of hydrogen-bond acceptors (Lipinski definition) is 3. The van der Waals surface area contributed by atoms with Gasteiger partial charge in [0, 0.05) is 19.1 Å². The topological polar surface area (TPSA) is 35.5 Å². The molecule has 0 unspecified atom stereocenters. The van der Waals surface area contributed by atoms with E-state index in [2.05, 4.69) is 102 Å². The Balaban J connectivity index is 1.44. The summed E-state index contributed by atoms with van der Waals surface area (Å²) in [5, 5.41) is 2.76. The van der Waals surface area contributed by atoms with Gasteiger partial charge < -0.3 is 13.6 Å². The SMILES string of the molecule is CC[Si](CC)(CC)O[C@@H]1CC[C@H](CCCCCCCCO[Si](c2ccccc2)(c2ccccc2)C(C)(C)C)[C@@H]1CC=O. The monoisotopic (exact) mass is 608 g/mol. The molecule has 0 saturated heterocycles. The standard InChI is InChI=1S/C37H60O3Si2/c1-7-41(8-2,9-3)40-36-28-27-32(35(36)29-30-38)22-16-12-10-11-13-21-31-39-42(37(4,5)6,33-23-17-14-18-24-33)34-25-19-15-20-26-34/h14-15,17-20,23-26,30,32,35-36H,7-13,16,21-22,27-29,31H2,1-6H3/t32-,35-,36+/m0/s1. The van der Waals surface area contributed by atoms with Crippen molar-refractivity contribution < 1.29 is 13.6 Å². The van der Waals surface area contributed by atoms with E-state index in [4.69, 9.17) is 8.85 Å². The first kappa shape index (κ1) is 34.9. The molecule has 0 aliphatic heterocycles. The molecular weight excluding hydrogens is 549 g/mol. The molecule has 42 heavy (non-hydrogen) atoms. The number of carbonyl (C=O) groups excluding carboxylic acids is 1. The quantitative estimate of drug-likeness (QED) is 0.0906. The minimum atomic E-state index is -2.42. The van der Waals surface area contributed by atoms with Crippen LogP contribution in [0, 0.1) is 11.8 Å². The minimum absolute atomic E-state index is 0.0367. The lowest BCUT2D eigenvalue weighted by Gasteiger charge is -2.43. The summed E-state index contributed by atoms with van der Waals surface area (Å²) in [5.41, 5.74) is 0. The summed E-state index contributed by atoms with van der Waals surface area (Å²) in [4.78, 5) is 11.6. The number of rotatable bonds is 19. The Hall–Kier alpha value is -1.54. The molecule has 2 aromatic carbocycles. The van der Waals surface area contributed by atoms with Crippen molar-refractivity contribution in [1.82, 2.24) is 0 Å².